The Labute approximate surface area is 101 Å². The summed E-state index contributed by atoms with van der Waals surface area (Å²) in [5, 5.41) is 19.0. The number of carbonyl (C=O) groups excluding carboxylic acids is 1. The van der Waals surface area contributed by atoms with E-state index in [0.717, 1.165) is 5.57 Å². The first-order chi connectivity index (χ1) is 7.97. The second-order valence-electron chi connectivity index (χ2n) is 3.95. The molecule has 17 heavy (non-hydrogen) atoms. The monoisotopic (exact) mass is 235 g/mol. The van der Waals surface area contributed by atoms with Crippen LogP contribution in [0, 0.1) is 0 Å². The first kappa shape index (κ1) is 13.1. The first-order valence-electron chi connectivity index (χ1n) is 5.42. The van der Waals surface area contributed by atoms with Crippen LogP contribution in [-0.4, -0.2) is 34.1 Å². The Hall–Kier alpha value is -1.97. The highest BCUT2D eigenvalue weighted by atomic mass is 16.3. The molecule has 0 aliphatic heterocycles. The Morgan fingerprint density at radius 1 is 1.41 bits per heavy atom. The van der Waals surface area contributed by atoms with E-state index in [1.54, 1.807) is 4.90 Å². The highest BCUT2D eigenvalue weighted by molar-refractivity contribution is 5.97. The number of rotatable bonds is 4. The highest BCUT2D eigenvalue weighted by Gasteiger charge is 2.19. The third-order valence-corrected chi connectivity index (χ3v) is 2.37. The zero-order chi connectivity index (χ0) is 13.0. The van der Waals surface area contributed by atoms with Gasteiger partial charge in [0.25, 0.3) is 5.91 Å². The summed E-state index contributed by atoms with van der Waals surface area (Å²) in [6.07, 6.45) is 0. The summed E-state index contributed by atoms with van der Waals surface area (Å²) in [7, 11) is 0. The maximum absolute atomic E-state index is 12.1. The van der Waals surface area contributed by atoms with E-state index in [-0.39, 0.29) is 23.0 Å². The van der Waals surface area contributed by atoms with Gasteiger partial charge in [-0.3, -0.25) is 4.79 Å². The van der Waals surface area contributed by atoms with Crippen LogP contribution in [0.4, 0.5) is 0 Å². The van der Waals surface area contributed by atoms with Crippen molar-refractivity contribution in [2.75, 3.05) is 13.1 Å². The average Bonchev–Trinajstić information content (AvgIpc) is 2.28. The van der Waals surface area contributed by atoms with Crippen molar-refractivity contribution in [3.05, 3.63) is 35.9 Å². The van der Waals surface area contributed by atoms with Gasteiger partial charge in [-0.05, 0) is 26.0 Å². The summed E-state index contributed by atoms with van der Waals surface area (Å²) in [6.45, 7) is 8.38. The summed E-state index contributed by atoms with van der Waals surface area (Å²) >= 11 is 0. The van der Waals surface area contributed by atoms with Gasteiger partial charge in [0.1, 0.15) is 0 Å². The van der Waals surface area contributed by atoms with Gasteiger partial charge in [0.2, 0.25) is 0 Å². The third-order valence-electron chi connectivity index (χ3n) is 2.37. The Morgan fingerprint density at radius 3 is 2.59 bits per heavy atom. The van der Waals surface area contributed by atoms with E-state index in [2.05, 4.69) is 6.58 Å². The van der Waals surface area contributed by atoms with Crippen LogP contribution in [0.1, 0.15) is 24.2 Å². The van der Waals surface area contributed by atoms with Gasteiger partial charge in [-0.1, -0.05) is 18.2 Å². The van der Waals surface area contributed by atoms with Gasteiger partial charge >= 0.3 is 0 Å². The number of nitrogens with zero attached hydrogens (tertiary/aromatic N) is 1. The van der Waals surface area contributed by atoms with Crippen molar-refractivity contribution in [2.45, 2.75) is 13.8 Å². The molecule has 1 rings (SSSR count). The molecule has 0 saturated heterocycles. The van der Waals surface area contributed by atoms with Crippen LogP contribution in [-0.2, 0) is 0 Å². The smallest absolute Gasteiger partial charge is 0.258 e. The normalized spacial score (nSPS) is 10.0. The van der Waals surface area contributed by atoms with Crippen LogP contribution in [0.25, 0.3) is 0 Å². The molecule has 1 aromatic carbocycles. The number of hydrogen-bond acceptors (Lipinski definition) is 3. The van der Waals surface area contributed by atoms with E-state index in [1.807, 2.05) is 13.8 Å². The van der Waals surface area contributed by atoms with Gasteiger partial charge in [0.15, 0.2) is 11.5 Å². The fourth-order valence-electron chi connectivity index (χ4n) is 1.53. The summed E-state index contributed by atoms with van der Waals surface area (Å²) in [5.74, 6) is -0.983. The van der Waals surface area contributed by atoms with Gasteiger partial charge < -0.3 is 15.1 Å². The lowest BCUT2D eigenvalue weighted by Gasteiger charge is -2.21. The second kappa shape index (κ2) is 5.39. The zero-order valence-corrected chi connectivity index (χ0v) is 10.1. The first-order valence-corrected chi connectivity index (χ1v) is 5.42. The Morgan fingerprint density at radius 2 is 2.06 bits per heavy atom. The number of phenols is 2. The second-order valence-corrected chi connectivity index (χ2v) is 3.95. The summed E-state index contributed by atoms with van der Waals surface area (Å²) in [5.41, 5.74) is 0.966. The van der Waals surface area contributed by atoms with Crippen LogP contribution in [0.2, 0.25) is 0 Å². The van der Waals surface area contributed by atoms with Crippen LogP contribution in [0.5, 0.6) is 11.5 Å². The molecule has 1 aromatic rings. The molecule has 4 heteroatoms. The van der Waals surface area contributed by atoms with Crippen LogP contribution in [0.15, 0.2) is 30.4 Å². The highest BCUT2D eigenvalue weighted by Crippen LogP contribution is 2.29. The van der Waals surface area contributed by atoms with E-state index in [0.29, 0.717) is 13.1 Å². The molecule has 0 radical (unpaired) electrons. The molecule has 0 unspecified atom stereocenters. The molecule has 92 valence electrons. The van der Waals surface area contributed by atoms with Crippen molar-refractivity contribution in [3.63, 3.8) is 0 Å². The summed E-state index contributed by atoms with van der Waals surface area (Å²) < 4.78 is 0. The largest absolute Gasteiger partial charge is 0.504 e. The van der Waals surface area contributed by atoms with E-state index in [4.69, 9.17) is 0 Å². The molecule has 2 N–H and O–H groups in total. The molecule has 1 amide bonds. The molecule has 0 heterocycles. The number of aromatic hydroxyl groups is 2. The summed E-state index contributed by atoms with van der Waals surface area (Å²) in [6, 6.07) is 4.34. The maximum atomic E-state index is 12.1. The SMILES string of the molecule is C=C(C)CN(CC)C(=O)c1cccc(O)c1O. The maximum Gasteiger partial charge on any atom is 0.258 e. The van der Waals surface area contributed by atoms with Crippen LogP contribution >= 0.6 is 0 Å². The zero-order valence-electron chi connectivity index (χ0n) is 10.1. The standard InChI is InChI=1S/C13H17NO3/c1-4-14(8-9(2)3)13(17)10-6-5-7-11(15)12(10)16/h5-7,15-16H,2,4,8H2,1,3H3. The fraction of sp³-hybridized carbons (Fsp3) is 0.308. The molecule has 0 aliphatic rings. The molecule has 4 nitrogen and oxygen atoms in total. The minimum absolute atomic E-state index is 0.105. The average molecular weight is 235 g/mol. The molecule has 0 atom stereocenters. The number of carbonyl (C=O) groups is 1. The quantitative estimate of drug-likeness (QED) is 0.621. The van der Waals surface area contributed by atoms with Gasteiger partial charge in [0, 0.05) is 13.1 Å². The van der Waals surface area contributed by atoms with Gasteiger partial charge in [-0.2, -0.15) is 0 Å². The topological polar surface area (TPSA) is 60.8 Å². The van der Waals surface area contributed by atoms with E-state index in [1.165, 1.54) is 18.2 Å². The van der Waals surface area contributed by atoms with Crippen LogP contribution < -0.4 is 0 Å². The lowest BCUT2D eigenvalue weighted by Crippen LogP contribution is -2.32. The lowest BCUT2D eigenvalue weighted by atomic mass is 10.1. The van der Waals surface area contributed by atoms with Crippen molar-refractivity contribution in [2.24, 2.45) is 0 Å². The Kier molecular flexibility index (Phi) is 4.15. The molecule has 0 aromatic heterocycles. The van der Waals surface area contributed by atoms with Gasteiger partial charge in [0.05, 0.1) is 5.56 Å². The number of phenolic OH excluding ortho intramolecular Hbond substituents is 2. The molecule has 0 spiro atoms. The Bertz CT molecular complexity index is 440. The molecular formula is C13H17NO3. The molecule has 0 saturated carbocycles. The molecule has 0 bridgehead atoms. The van der Waals surface area contributed by atoms with Crippen molar-refractivity contribution in [1.82, 2.24) is 4.90 Å². The number of likely N-dealkylation sites (N-methyl/N-ethyl adjacent to an activating group) is 1. The van der Waals surface area contributed by atoms with E-state index >= 15 is 0 Å². The number of amides is 1. The fourth-order valence-corrected chi connectivity index (χ4v) is 1.53. The summed E-state index contributed by atoms with van der Waals surface area (Å²) in [4.78, 5) is 13.7. The number of benzene rings is 1. The van der Waals surface area contributed by atoms with Crippen molar-refractivity contribution < 1.29 is 15.0 Å². The predicted octanol–water partition coefficient (Wildman–Crippen LogP) is 2.14. The van der Waals surface area contributed by atoms with Crippen molar-refractivity contribution in [3.8, 4) is 11.5 Å². The van der Waals surface area contributed by atoms with Gasteiger partial charge in [-0.15, -0.1) is 0 Å². The van der Waals surface area contributed by atoms with Crippen molar-refractivity contribution in [1.29, 1.82) is 0 Å². The number of para-hydroxylation sites is 1. The molecule has 0 fully saturated rings. The molecular weight excluding hydrogens is 218 g/mol. The minimum Gasteiger partial charge on any atom is -0.504 e. The van der Waals surface area contributed by atoms with E-state index < -0.39 is 0 Å². The van der Waals surface area contributed by atoms with Gasteiger partial charge in [-0.25, -0.2) is 0 Å². The van der Waals surface area contributed by atoms with E-state index in [9.17, 15) is 15.0 Å². The van der Waals surface area contributed by atoms with Crippen molar-refractivity contribution >= 4 is 5.91 Å². The number of hydrogen-bond donors (Lipinski definition) is 2. The van der Waals surface area contributed by atoms with Crippen LogP contribution in [0.3, 0.4) is 0 Å². The Balaban J connectivity index is 3.02. The molecule has 0 aliphatic carbocycles. The predicted molar refractivity (Wildman–Crippen MR) is 66.2 cm³/mol. The minimum atomic E-state index is -0.377. The lowest BCUT2D eigenvalue weighted by molar-refractivity contribution is 0.0774. The third kappa shape index (κ3) is 3.00.